The van der Waals surface area contributed by atoms with Crippen LogP contribution in [0.4, 0.5) is 0 Å². The lowest BCUT2D eigenvalue weighted by Crippen LogP contribution is -2.02. The molecule has 0 fully saturated rings. The van der Waals surface area contributed by atoms with Crippen molar-refractivity contribution in [3.63, 3.8) is 0 Å². The third kappa shape index (κ3) is 2.00. The van der Waals surface area contributed by atoms with E-state index < -0.39 is 0 Å². The molecular formula is C12H15NS2. The topological polar surface area (TPSA) is 26.0 Å². The van der Waals surface area contributed by atoms with Gasteiger partial charge in [-0.25, -0.2) is 0 Å². The van der Waals surface area contributed by atoms with Crippen LogP contribution in [0.5, 0.6) is 0 Å². The molecule has 0 amide bonds. The van der Waals surface area contributed by atoms with E-state index in [1.807, 2.05) is 11.3 Å². The van der Waals surface area contributed by atoms with Gasteiger partial charge in [-0.2, -0.15) is 0 Å². The molecule has 2 N–H and O–H groups in total. The predicted octanol–water partition coefficient (Wildman–Crippen LogP) is 3.73. The van der Waals surface area contributed by atoms with Gasteiger partial charge in [-0.1, -0.05) is 13.0 Å². The van der Waals surface area contributed by atoms with Gasteiger partial charge in [0.1, 0.15) is 0 Å². The second-order valence-corrected chi connectivity index (χ2v) is 5.64. The van der Waals surface area contributed by atoms with Gasteiger partial charge in [-0.3, -0.25) is 0 Å². The zero-order chi connectivity index (χ0) is 10.8. The van der Waals surface area contributed by atoms with E-state index in [4.69, 9.17) is 5.73 Å². The summed E-state index contributed by atoms with van der Waals surface area (Å²) in [6, 6.07) is 4.31. The van der Waals surface area contributed by atoms with E-state index in [0.717, 1.165) is 0 Å². The highest BCUT2D eigenvalue weighted by Crippen LogP contribution is 2.35. The lowest BCUT2D eigenvalue weighted by molar-refractivity contribution is 0.910. The molecule has 0 saturated heterocycles. The van der Waals surface area contributed by atoms with E-state index in [1.54, 1.807) is 11.3 Å². The third-order valence-corrected chi connectivity index (χ3v) is 4.89. The molecule has 0 aliphatic rings. The molecule has 15 heavy (non-hydrogen) atoms. The van der Waals surface area contributed by atoms with Gasteiger partial charge in [-0.05, 0) is 34.9 Å². The van der Waals surface area contributed by atoms with Crippen LogP contribution >= 0.6 is 22.7 Å². The minimum Gasteiger partial charge on any atom is -0.326 e. The van der Waals surface area contributed by atoms with Crippen LogP contribution in [0.15, 0.2) is 22.9 Å². The Morgan fingerprint density at radius 2 is 2.20 bits per heavy atom. The molecule has 2 heterocycles. The SMILES string of the molecule is Cc1csc(CN)c1C(C)c1cccs1. The zero-order valence-corrected chi connectivity index (χ0v) is 10.6. The van der Waals surface area contributed by atoms with E-state index in [0.29, 0.717) is 12.5 Å². The first-order valence-electron chi connectivity index (χ1n) is 5.04. The molecule has 2 rings (SSSR count). The molecule has 0 saturated carbocycles. The van der Waals surface area contributed by atoms with Crippen molar-refractivity contribution in [1.29, 1.82) is 0 Å². The first-order valence-corrected chi connectivity index (χ1v) is 6.80. The molecule has 0 aliphatic carbocycles. The van der Waals surface area contributed by atoms with Crippen LogP contribution in [0.1, 0.15) is 33.7 Å². The summed E-state index contributed by atoms with van der Waals surface area (Å²) in [6.07, 6.45) is 0. The summed E-state index contributed by atoms with van der Waals surface area (Å²) < 4.78 is 0. The van der Waals surface area contributed by atoms with Crippen molar-refractivity contribution in [2.45, 2.75) is 26.3 Å². The van der Waals surface area contributed by atoms with Crippen LogP contribution in [0, 0.1) is 6.92 Å². The molecule has 2 aromatic rings. The number of thiophene rings is 2. The molecule has 0 aliphatic heterocycles. The molecule has 0 bridgehead atoms. The largest absolute Gasteiger partial charge is 0.326 e. The highest BCUT2D eigenvalue weighted by atomic mass is 32.1. The van der Waals surface area contributed by atoms with Crippen LogP contribution in [-0.2, 0) is 6.54 Å². The van der Waals surface area contributed by atoms with E-state index >= 15 is 0 Å². The monoisotopic (exact) mass is 237 g/mol. The number of hydrogen-bond donors (Lipinski definition) is 1. The maximum Gasteiger partial charge on any atom is 0.0276 e. The minimum atomic E-state index is 0.481. The zero-order valence-electron chi connectivity index (χ0n) is 8.99. The molecule has 1 unspecified atom stereocenters. The van der Waals surface area contributed by atoms with E-state index in [9.17, 15) is 0 Å². The average Bonchev–Trinajstić information content (AvgIpc) is 2.85. The van der Waals surface area contributed by atoms with Gasteiger partial charge in [0.25, 0.3) is 0 Å². The first kappa shape index (κ1) is 10.9. The number of nitrogens with two attached hydrogens (primary N) is 1. The third-order valence-electron chi connectivity index (χ3n) is 2.69. The fourth-order valence-corrected chi connectivity index (χ4v) is 3.73. The van der Waals surface area contributed by atoms with Crippen LogP contribution in [0.2, 0.25) is 0 Å². The Morgan fingerprint density at radius 3 is 2.80 bits per heavy atom. The van der Waals surface area contributed by atoms with Crippen molar-refractivity contribution in [3.8, 4) is 0 Å². The van der Waals surface area contributed by atoms with Crippen molar-refractivity contribution in [3.05, 3.63) is 43.8 Å². The van der Waals surface area contributed by atoms with Crippen LogP contribution < -0.4 is 5.73 Å². The molecule has 80 valence electrons. The van der Waals surface area contributed by atoms with E-state index in [-0.39, 0.29) is 0 Å². The second kappa shape index (κ2) is 4.47. The number of aryl methyl sites for hydroxylation is 1. The lowest BCUT2D eigenvalue weighted by Gasteiger charge is -2.11. The van der Waals surface area contributed by atoms with Gasteiger partial charge in [-0.15, -0.1) is 22.7 Å². The number of hydrogen-bond acceptors (Lipinski definition) is 3. The smallest absolute Gasteiger partial charge is 0.0276 e. The number of rotatable bonds is 3. The summed E-state index contributed by atoms with van der Waals surface area (Å²) in [7, 11) is 0. The molecule has 2 aromatic heterocycles. The summed E-state index contributed by atoms with van der Waals surface area (Å²) in [6.45, 7) is 5.10. The maximum atomic E-state index is 5.77. The van der Waals surface area contributed by atoms with Crippen molar-refractivity contribution in [2.75, 3.05) is 0 Å². The summed E-state index contributed by atoms with van der Waals surface area (Å²) in [5.41, 5.74) is 8.58. The predicted molar refractivity (Wildman–Crippen MR) is 68.8 cm³/mol. The molecule has 3 heteroatoms. The van der Waals surface area contributed by atoms with E-state index in [2.05, 4.69) is 36.7 Å². The van der Waals surface area contributed by atoms with Crippen LogP contribution in [-0.4, -0.2) is 0 Å². The van der Waals surface area contributed by atoms with E-state index in [1.165, 1.54) is 20.9 Å². The van der Waals surface area contributed by atoms with Crippen LogP contribution in [0.25, 0.3) is 0 Å². The van der Waals surface area contributed by atoms with Gasteiger partial charge >= 0.3 is 0 Å². The molecule has 0 radical (unpaired) electrons. The minimum absolute atomic E-state index is 0.481. The van der Waals surface area contributed by atoms with Gasteiger partial charge in [0.15, 0.2) is 0 Å². The maximum absolute atomic E-state index is 5.77. The Labute approximate surface area is 98.6 Å². The Balaban J connectivity index is 2.40. The normalized spacial score (nSPS) is 13.0. The lowest BCUT2D eigenvalue weighted by atomic mass is 9.96. The van der Waals surface area contributed by atoms with Gasteiger partial charge < -0.3 is 5.73 Å². The Kier molecular flexibility index (Phi) is 3.24. The van der Waals surface area contributed by atoms with Crippen molar-refractivity contribution >= 4 is 22.7 Å². The Morgan fingerprint density at radius 1 is 1.40 bits per heavy atom. The van der Waals surface area contributed by atoms with Crippen molar-refractivity contribution < 1.29 is 0 Å². The first-order chi connectivity index (χ1) is 7.24. The van der Waals surface area contributed by atoms with Gasteiger partial charge in [0.2, 0.25) is 0 Å². The Hall–Kier alpha value is -0.640. The highest BCUT2D eigenvalue weighted by Gasteiger charge is 2.16. The van der Waals surface area contributed by atoms with Gasteiger partial charge in [0, 0.05) is 22.2 Å². The second-order valence-electron chi connectivity index (χ2n) is 3.70. The highest BCUT2D eigenvalue weighted by molar-refractivity contribution is 7.10. The average molecular weight is 237 g/mol. The molecule has 1 nitrogen and oxygen atoms in total. The quantitative estimate of drug-likeness (QED) is 0.865. The fraction of sp³-hybridized carbons (Fsp3) is 0.333. The fourth-order valence-electron chi connectivity index (χ4n) is 1.93. The van der Waals surface area contributed by atoms with Crippen molar-refractivity contribution in [2.24, 2.45) is 5.73 Å². The summed E-state index contributed by atoms with van der Waals surface area (Å²) in [4.78, 5) is 2.75. The summed E-state index contributed by atoms with van der Waals surface area (Å²) in [5.74, 6) is 0.481. The molecule has 0 spiro atoms. The summed E-state index contributed by atoms with van der Waals surface area (Å²) in [5, 5.41) is 4.34. The molecule has 0 aromatic carbocycles. The summed E-state index contributed by atoms with van der Waals surface area (Å²) >= 11 is 3.60. The molecular weight excluding hydrogens is 222 g/mol. The van der Waals surface area contributed by atoms with Gasteiger partial charge in [0.05, 0.1) is 0 Å². The Bertz CT molecular complexity index is 428. The van der Waals surface area contributed by atoms with Crippen molar-refractivity contribution in [1.82, 2.24) is 0 Å². The van der Waals surface area contributed by atoms with Crippen LogP contribution in [0.3, 0.4) is 0 Å². The molecule has 1 atom stereocenters. The standard InChI is InChI=1S/C12H15NS2/c1-8-7-15-11(6-13)12(8)9(2)10-4-3-5-14-10/h3-5,7,9H,6,13H2,1-2H3.